The maximum absolute atomic E-state index is 12.8. The number of pyridine rings is 1. The quantitative estimate of drug-likeness (QED) is 0.699. The molecule has 0 amide bonds. The second-order valence-corrected chi connectivity index (χ2v) is 8.76. The van der Waals surface area contributed by atoms with E-state index in [4.69, 9.17) is 0 Å². The Bertz CT molecular complexity index is 1010. The molecule has 1 saturated heterocycles. The molecule has 2 aromatic carbocycles. The molecule has 1 aromatic heterocycles. The van der Waals surface area contributed by atoms with Crippen molar-refractivity contribution in [2.75, 3.05) is 13.1 Å². The number of sulfone groups is 1. The summed E-state index contributed by atoms with van der Waals surface area (Å²) < 4.78 is 25.7. The fourth-order valence-electron chi connectivity index (χ4n) is 3.57. The number of nitrogens with zero attached hydrogens (tertiary/aromatic N) is 2. The number of para-hydroxylation sites is 1. The van der Waals surface area contributed by atoms with Crippen LogP contribution in [0.2, 0.25) is 0 Å². The Kier molecular flexibility index (Phi) is 4.74. The summed E-state index contributed by atoms with van der Waals surface area (Å²) >= 11 is 0. The minimum Gasteiger partial charge on any atom is -0.299 e. The Balaban J connectivity index is 1.70. The lowest BCUT2D eigenvalue weighted by Crippen LogP contribution is -2.29. The van der Waals surface area contributed by atoms with Gasteiger partial charge < -0.3 is 0 Å². The Morgan fingerprint density at radius 2 is 1.65 bits per heavy atom. The predicted octanol–water partition coefficient (Wildman–Crippen LogP) is 4.05. The molecule has 0 radical (unpaired) electrons. The van der Waals surface area contributed by atoms with E-state index >= 15 is 0 Å². The summed E-state index contributed by atoms with van der Waals surface area (Å²) in [5.74, 6) is 0. The van der Waals surface area contributed by atoms with Gasteiger partial charge >= 0.3 is 0 Å². The van der Waals surface area contributed by atoms with E-state index in [1.54, 1.807) is 30.3 Å². The summed E-state index contributed by atoms with van der Waals surface area (Å²) in [6.45, 7) is 3.11. The highest BCUT2D eigenvalue weighted by molar-refractivity contribution is 7.91. The molecule has 4 rings (SSSR count). The monoisotopic (exact) mass is 366 g/mol. The molecule has 0 bridgehead atoms. The first kappa shape index (κ1) is 17.2. The molecule has 0 spiro atoms. The molecular formula is C21H22N2O2S. The molecule has 134 valence electrons. The number of hydrogen-bond acceptors (Lipinski definition) is 4. The summed E-state index contributed by atoms with van der Waals surface area (Å²) in [6.07, 6.45) is 5.30. The maximum atomic E-state index is 12.8. The molecule has 0 saturated carbocycles. The molecule has 0 aliphatic carbocycles. The van der Waals surface area contributed by atoms with Crippen molar-refractivity contribution in [3.8, 4) is 0 Å². The molecule has 1 aliphatic rings. The zero-order valence-electron chi connectivity index (χ0n) is 14.6. The lowest BCUT2D eigenvalue weighted by atomic mass is 10.1. The van der Waals surface area contributed by atoms with E-state index in [0.717, 1.165) is 36.1 Å². The maximum Gasteiger partial charge on any atom is 0.208 e. The fraction of sp³-hybridized carbons (Fsp3) is 0.286. The first-order valence-corrected chi connectivity index (χ1v) is 10.5. The van der Waals surface area contributed by atoms with Crippen molar-refractivity contribution in [1.82, 2.24) is 9.88 Å². The lowest BCUT2D eigenvalue weighted by molar-refractivity contribution is 0.221. The van der Waals surface area contributed by atoms with Crippen molar-refractivity contribution in [3.05, 3.63) is 66.4 Å². The average molecular weight is 366 g/mol. The zero-order valence-corrected chi connectivity index (χ0v) is 15.5. The minimum atomic E-state index is -3.54. The molecule has 0 N–H and O–H groups in total. The summed E-state index contributed by atoms with van der Waals surface area (Å²) in [6, 6.07) is 16.3. The van der Waals surface area contributed by atoms with Gasteiger partial charge in [0.05, 0.1) is 15.3 Å². The molecule has 2 heterocycles. The van der Waals surface area contributed by atoms with Crippen LogP contribution in [0.3, 0.4) is 0 Å². The van der Waals surface area contributed by atoms with Crippen LogP contribution >= 0.6 is 0 Å². The smallest absolute Gasteiger partial charge is 0.208 e. The van der Waals surface area contributed by atoms with Crippen LogP contribution in [0.25, 0.3) is 10.9 Å². The highest BCUT2D eigenvalue weighted by Crippen LogP contribution is 2.25. The van der Waals surface area contributed by atoms with Gasteiger partial charge in [-0.15, -0.1) is 0 Å². The standard InChI is InChI=1S/C21H22N2O2S/c24-26(25,19-10-3-1-4-11-19)20-14-17-8-7-9-18(21(17)22-15-20)16-23-12-5-2-6-13-23/h1,3-4,7-11,14-15H,2,5-6,12-13,16H2. The average Bonchev–Trinajstić information content (AvgIpc) is 2.69. The summed E-state index contributed by atoms with van der Waals surface area (Å²) in [4.78, 5) is 7.52. The van der Waals surface area contributed by atoms with E-state index in [-0.39, 0.29) is 4.90 Å². The summed E-state index contributed by atoms with van der Waals surface area (Å²) in [5.41, 5.74) is 2.05. The highest BCUT2D eigenvalue weighted by atomic mass is 32.2. The molecule has 3 aromatic rings. The van der Waals surface area contributed by atoms with E-state index < -0.39 is 9.84 Å². The van der Waals surface area contributed by atoms with E-state index in [9.17, 15) is 8.42 Å². The number of piperidine rings is 1. The number of hydrogen-bond donors (Lipinski definition) is 0. The molecule has 4 nitrogen and oxygen atoms in total. The molecule has 0 atom stereocenters. The fourth-order valence-corrected chi connectivity index (χ4v) is 4.83. The van der Waals surface area contributed by atoms with Crippen molar-refractivity contribution in [3.63, 3.8) is 0 Å². The Morgan fingerprint density at radius 3 is 2.42 bits per heavy atom. The van der Waals surface area contributed by atoms with Crippen LogP contribution in [0, 0.1) is 0 Å². The van der Waals surface area contributed by atoms with Crippen LogP contribution in [0.1, 0.15) is 24.8 Å². The number of benzene rings is 2. The van der Waals surface area contributed by atoms with Crippen LogP contribution in [0.15, 0.2) is 70.6 Å². The van der Waals surface area contributed by atoms with Gasteiger partial charge in [-0.3, -0.25) is 9.88 Å². The van der Waals surface area contributed by atoms with Gasteiger partial charge in [-0.05, 0) is 49.7 Å². The number of aromatic nitrogens is 1. The number of rotatable bonds is 4. The second kappa shape index (κ2) is 7.17. The van der Waals surface area contributed by atoms with Gasteiger partial charge in [0.2, 0.25) is 9.84 Å². The lowest BCUT2D eigenvalue weighted by Gasteiger charge is -2.26. The van der Waals surface area contributed by atoms with Crippen molar-refractivity contribution >= 4 is 20.7 Å². The Hall–Kier alpha value is -2.24. The van der Waals surface area contributed by atoms with Crippen molar-refractivity contribution < 1.29 is 8.42 Å². The van der Waals surface area contributed by atoms with Crippen molar-refractivity contribution in [2.24, 2.45) is 0 Å². The Morgan fingerprint density at radius 1 is 0.885 bits per heavy atom. The minimum absolute atomic E-state index is 0.242. The molecule has 1 fully saturated rings. The van der Waals surface area contributed by atoms with Crippen LogP contribution in [-0.4, -0.2) is 31.4 Å². The molecular weight excluding hydrogens is 344 g/mol. The van der Waals surface area contributed by atoms with Crippen LogP contribution in [0.5, 0.6) is 0 Å². The van der Waals surface area contributed by atoms with E-state index in [2.05, 4.69) is 16.0 Å². The van der Waals surface area contributed by atoms with Gasteiger partial charge in [0.25, 0.3) is 0 Å². The van der Waals surface area contributed by atoms with Gasteiger partial charge in [-0.2, -0.15) is 0 Å². The molecule has 0 unspecified atom stereocenters. The van der Waals surface area contributed by atoms with Gasteiger partial charge in [0.1, 0.15) is 0 Å². The second-order valence-electron chi connectivity index (χ2n) is 6.81. The summed E-state index contributed by atoms with van der Waals surface area (Å²) in [5, 5.41) is 0.872. The largest absolute Gasteiger partial charge is 0.299 e. The van der Waals surface area contributed by atoms with Gasteiger partial charge in [-0.1, -0.05) is 42.8 Å². The van der Waals surface area contributed by atoms with Crippen LogP contribution in [-0.2, 0) is 16.4 Å². The number of likely N-dealkylation sites (tertiary alicyclic amines) is 1. The topological polar surface area (TPSA) is 50.3 Å². The molecule has 1 aliphatic heterocycles. The van der Waals surface area contributed by atoms with E-state index in [1.807, 2.05) is 18.2 Å². The highest BCUT2D eigenvalue weighted by Gasteiger charge is 2.19. The molecule has 26 heavy (non-hydrogen) atoms. The van der Waals surface area contributed by atoms with Crippen molar-refractivity contribution in [2.45, 2.75) is 35.6 Å². The van der Waals surface area contributed by atoms with Gasteiger partial charge in [0, 0.05) is 18.1 Å². The third-order valence-corrected chi connectivity index (χ3v) is 6.71. The number of fused-ring (bicyclic) bond motifs is 1. The Labute approximate surface area is 154 Å². The van der Waals surface area contributed by atoms with Crippen molar-refractivity contribution in [1.29, 1.82) is 0 Å². The molecule has 5 heteroatoms. The van der Waals surface area contributed by atoms with E-state index in [1.165, 1.54) is 25.5 Å². The van der Waals surface area contributed by atoms with Crippen LogP contribution in [0.4, 0.5) is 0 Å². The third kappa shape index (κ3) is 3.37. The van der Waals surface area contributed by atoms with Crippen LogP contribution < -0.4 is 0 Å². The van der Waals surface area contributed by atoms with E-state index in [0.29, 0.717) is 4.90 Å². The SMILES string of the molecule is O=S(=O)(c1ccccc1)c1cnc2c(CN3CCCCC3)cccc2c1. The first-order valence-electron chi connectivity index (χ1n) is 9.05. The van der Waals surface area contributed by atoms with Gasteiger partial charge in [-0.25, -0.2) is 8.42 Å². The third-order valence-electron chi connectivity index (χ3n) is 4.98. The summed E-state index contributed by atoms with van der Waals surface area (Å²) in [7, 11) is -3.54. The first-order chi connectivity index (χ1) is 12.6. The predicted molar refractivity (Wildman–Crippen MR) is 103 cm³/mol. The van der Waals surface area contributed by atoms with Gasteiger partial charge in [0.15, 0.2) is 0 Å². The normalized spacial score (nSPS) is 16.0. The zero-order chi connectivity index (χ0) is 18.0.